The van der Waals surface area contributed by atoms with Crippen LogP contribution in [0, 0.1) is 23.7 Å². The zero-order chi connectivity index (χ0) is 19.2. The van der Waals surface area contributed by atoms with Crippen molar-refractivity contribution >= 4 is 17.7 Å². The zero-order valence-electron chi connectivity index (χ0n) is 15.2. The molecule has 0 bridgehead atoms. The molecule has 1 aromatic carbocycles. The van der Waals surface area contributed by atoms with Gasteiger partial charge in [0.05, 0.1) is 12.0 Å². The maximum Gasteiger partial charge on any atom is 0.338 e. The molecule has 0 aromatic heterocycles. The molecule has 27 heavy (non-hydrogen) atoms. The van der Waals surface area contributed by atoms with Crippen LogP contribution in [0.15, 0.2) is 42.5 Å². The van der Waals surface area contributed by atoms with Gasteiger partial charge in [-0.3, -0.25) is 9.59 Å². The molecule has 1 aliphatic heterocycles. The summed E-state index contributed by atoms with van der Waals surface area (Å²) in [6.07, 6.45) is 4.23. The number of ether oxygens (including phenoxy) is 2. The Morgan fingerprint density at radius 2 is 2.07 bits per heavy atom. The molecule has 0 radical (unpaired) electrons. The van der Waals surface area contributed by atoms with Gasteiger partial charge in [-0.05, 0) is 25.1 Å². The van der Waals surface area contributed by atoms with Crippen LogP contribution in [0.3, 0.4) is 0 Å². The lowest BCUT2D eigenvalue weighted by atomic mass is 9.91. The number of benzene rings is 1. The average Bonchev–Trinajstić information content (AvgIpc) is 3.16. The Morgan fingerprint density at radius 3 is 2.81 bits per heavy atom. The van der Waals surface area contributed by atoms with E-state index in [0.717, 1.165) is 0 Å². The molecule has 0 amide bonds. The predicted octanol–water partition coefficient (Wildman–Crippen LogP) is 3.09. The Hall–Kier alpha value is -2.87. The monoisotopic (exact) mass is 366 g/mol. The Bertz CT molecular complexity index is 799. The molecule has 0 N–H and O–H groups in total. The molecule has 1 saturated carbocycles. The number of fused-ring (bicyclic) bond motifs is 1. The highest BCUT2D eigenvalue weighted by Gasteiger charge is 2.50. The third-order valence-electron chi connectivity index (χ3n) is 5.00. The van der Waals surface area contributed by atoms with E-state index in [2.05, 4.69) is 11.8 Å². The standard InChI is InChI=1S/C22H22O5/c1-2-3-5-10-16(23)11-12-17-18-13-21(24)26-20(18)14-19(17)27-22(25)15-8-6-4-7-9-15/h4,6-9,11-12,17-20H,5,10,13-14H2,1H3/b12-11+/t17-,18-,19-,20+/m1/s1. The molecule has 0 spiro atoms. The first-order valence-corrected chi connectivity index (χ1v) is 9.14. The van der Waals surface area contributed by atoms with E-state index in [9.17, 15) is 14.4 Å². The molecule has 3 rings (SSSR count). The van der Waals surface area contributed by atoms with Crippen LogP contribution in [-0.2, 0) is 19.1 Å². The lowest BCUT2D eigenvalue weighted by Gasteiger charge is -2.20. The van der Waals surface area contributed by atoms with Crippen molar-refractivity contribution in [3.8, 4) is 11.8 Å². The molecule has 140 valence electrons. The number of esters is 2. The lowest BCUT2D eigenvalue weighted by molar-refractivity contribution is -0.141. The molecule has 1 heterocycles. The third-order valence-corrected chi connectivity index (χ3v) is 5.00. The van der Waals surface area contributed by atoms with Gasteiger partial charge in [0.2, 0.25) is 0 Å². The number of hydrogen-bond donors (Lipinski definition) is 0. The van der Waals surface area contributed by atoms with E-state index in [1.807, 2.05) is 6.07 Å². The maximum absolute atomic E-state index is 12.4. The lowest BCUT2D eigenvalue weighted by Crippen LogP contribution is -2.24. The minimum atomic E-state index is -0.416. The van der Waals surface area contributed by atoms with E-state index in [-0.39, 0.29) is 36.1 Å². The van der Waals surface area contributed by atoms with Gasteiger partial charge in [0, 0.05) is 31.1 Å². The summed E-state index contributed by atoms with van der Waals surface area (Å²) in [5.41, 5.74) is 0.475. The summed E-state index contributed by atoms with van der Waals surface area (Å²) in [6, 6.07) is 8.77. The van der Waals surface area contributed by atoms with Crippen LogP contribution >= 0.6 is 0 Å². The normalized spacial score (nSPS) is 26.2. The second-order valence-corrected chi connectivity index (χ2v) is 6.77. The van der Waals surface area contributed by atoms with Gasteiger partial charge in [-0.2, -0.15) is 0 Å². The Morgan fingerprint density at radius 1 is 1.30 bits per heavy atom. The number of hydrogen-bond acceptors (Lipinski definition) is 5. The second-order valence-electron chi connectivity index (χ2n) is 6.77. The smallest absolute Gasteiger partial charge is 0.338 e. The van der Waals surface area contributed by atoms with Gasteiger partial charge in [-0.15, -0.1) is 11.8 Å². The van der Waals surface area contributed by atoms with E-state index >= 15 is 0 Å². The predicted molar refractivity (Wildman–Crippen MR) is 98.6 cm³/mol. The van der Waals surface area contributed by atoms with E-state index in [1.54, 1.807) is 37.3 Å². The van der Waals surface area contributed by atoms with Gasteiger partial charge in [0.25, 0.3) is 0 Å². The minimum Gasteiger partial charge on any atom is -0.462 e. The van der Waals surface area contributed by atoms with Crippen molar-refractivity contribution in [2.75, 3.05) is 0 Å². The summed E-state index contributed by atoms with van der Waals surface area (Å²) in [5, 5.41) is 0. The van der Waals surface area contributed by atoms with E-state index in [1.165, 1.54) is 6.08 Å². The van der Waals surface area contributed by atoms with Crippen LogP contribution in [0.5, 0.6) is 0 Å². The molecule has 1 aliphatic carbocycles. The van der Waals surface area contributed by atoms with E-state index in [0.29, 0.717) is 24.8 Å². The van der Waals surface area contributed by atoms with Crippen molar-refractivity contribution < 1.29 is 23.9 Å². The summed E-state index contributed by atoms with van der Waals surface area (Å²) in [5.74, 6) is 4.68. The molecule has 1 aromatic rings. The quantitative estimate of drug-likeness (QED) is 0.440. The molecular weight excluding hydrogens is 344 g/mol. The van der Waals surface area contributed by atoms with Gasteiger partial charge >= 0.3 is 11.9 Å². The van der Waals surface area contributed by atoms with Gasteiger partial charge in [-0.25, -0.2) is 4.79 Å². The first kappa shape index (κ1) is 18.9. The van der Waals surface area contributed by atoms with Crippen LogP contribution in [0.4, 0.5) is 0 Å². The first-order chi connectivity index (χ1) is 13.1. The molecule has 0 unspecified atom stereocenters. The molecule has 1 saturated heterocycles. The fraction of sp³-hybridized carbons (Fsp3) is 0.409. The topological polar surface area (TPSA) is 69.7 Å². The highest BCUT2D eigenvalue weighted by molar-refractivity contribution is 5.90. The van der Waals surface area contributed by atoms with Crippen LogP contribution < -0.4 is 0 Å². The van der Waals surface area contributed by atoms with Crippen molar-refractivity contribution in [2.24, 2.45) is 11.8 Å². The van der Waals surface area contributed by atoms with Gasteiger partial charge in [0.15, 0.2) is 5.78 Å². The van der Waals surface area contributed by atoms with Crippen molar-refractivity contribution in [2.45, 2.75) is 44.8 Å². The Labute approximate surface area is 158 Å². The number of carbonyl (C=O) groups excluding carboxylic acids is 3. The second kappa shape index (κ2) is 8.68. The number of carbonyl (C=O) groups is 3. The van der Waals surface area contributed by atoms with Gasteiger partial charge in [-0.1, -0.05) is 24.3 Å². The SMILES string of the molecule is CC#CCCC(=O)/C=C/[C@@H]1[C@H]2CC(=O)O[C@H]2C[C@H]1OC(=O)c1ccccc1. The summed E-state index contributed by atoms with van der Waals surface area (Å²) in [4.78, 5) is 36.1. The van der Waals surface area contributed by atoms with Crippen molar-refractivity contribution in [1.82, 2.24) is 0 Å². The largest absolute Gasteiger partial charge is 0.462 e. The van der Waals surface area contributed by atoms with E-state index in [4.69, 9.17) is 9.47 Å². The summed E-state index contributed by atoms with van der Waals surface area (Å²) < 4.78 is 11.0. The van der Waals surface area contributed by atoms with Crippen molar-refractivity contribution in [3.63, 3.8) is 0 Å². The molecule has 5 heteroatoms. The Balaban J connectivity index is 1.70. The summed E-state index contributed by atoms with van der Waals surface area (Å²) >= 11 is 0. The third kappa shape index (κ3) is 4.65. The summed E-state index contributed by atoms with van der Waals surface area (Å²) in [7, 11) is 0. The van der Waals surface area contributed by atoms with E-state index < -0.39 is 12.1 Å². The molecular formula is C22H22O5. The Kier molecular flexibility index (Phi) is 6.08. The zero-order valence-corrected chi connectivity index (χ0v) is 15.2. The highest BCUT2D eigenvalue weighted by atomic mass is 16.6. The van der Waals surface area contributed by atoms with Crippen LogP contribution in [0.1, 0.15) is 43.0 Å². The fourth-order valence-corrected chi connectivity index (χ4v) is 3.68. The van der Waals surface area contributed by atoms with Gasteiger partial charge in [0.1, 0.15) is 12.2 Å². The summed E-state index contributed by atoms with van der Waals surface area (Å²) in [6.45, 7) is 1.74. The first-order valence-electron chi connectivity index (χ1n) is 9.14. The molecule has 5 nitrogen and oxygen atoms in total. The number of ketones is 1. The van der Waals surface area contributed by atoms with Crippen molar-refractivity contribution in [3.05, 3.63) is 48.0 Å². The maximum atomic E-state index is 12.4. The molecule has 2 aliphatic rings. The average molecular weight is 366 g/mol. The van der Waals surface area contributed by atoms with Crippen LogP contribution in [0.25, 0.3) is 0 Å². The molecule has 4 atom stereocenters. The number of allylic oxidation sites excluding steroid dienone is 1. The van der Waals surface area contributed by atoms with Crippen LogP contribution in [0.2, 0.25) is 0 Å². The fourth-order valence-electron chi connectivity index (χ4n) is 3.68. The van der Waals surface area contributed by atoms with Crippen molar-refractivity contribution in [1.29, 1.82) is 0 Å². The molecule has 2 fully saturated rings. The minimum absolute atomic E-state index is 0.0282. The van der Waals surface area contributed by atoms with Crippen LogP contribution in [-0.4, -0.2) is 29.9 Å². The number of rotatable bonds is 6. The highest BCUT2D eigenvalue weighted by Crippen LogP contribution is 2.43. The van der Waals surface area contributed by atoms with Gasteiger partial charge < -0.3 is 9.47 Å².